The summed E-state index contributed by atoms with van der Waals surface area (Å²) >= 11 is 0. The van der Waals surface area contributed by atoms with Crippen LogP contribution in [0.4, 0.5) is 0 Å². The van der Waals surface area contributed by atoms with Gasteiger partial charge in [0.25, 0.3) is 0 Å². The molecule has 76 valence electrons. The van der Waals surface area contributed by atoms with Crippen molar-refractivity contribution in [2.75, 3.05) is 0 Å². The topological polar surface area (TPSA) is 9.23 Å². The summed E-state index contributed by atoms with van der Waals surface area (Å²) in [7, 11) is -1.30. The second-order valence-electron chi connectivity index (χ2n) is 5.78. The molecule has 0 aliphatic heterocycles. The smallest absolute Gasteiger partial charge is 0.184 e. The summed E-state index contributed by atoms with van der Waals surface area (Å²) < 4.78 is 6.36. The summed E-state index contributed by atoms with van der Waals surface area (Å²) in [6, 6.07) is 0. The van der Waals surface area contributed by atoms with Crippen LogP contribution >= 0.6 is 0 Å². The molecule has 13 heavy (non-hydrogen) atoms. The van der Waals surface area contributed by atoms with E-state index in [4.69, 9.17) is 4.43 Å². The van der Waals surface area contributed by atoms with Crippen molar-refractivity contribution in [1.82, 2.24) is 0 Å². The minimum Gasteiger partial charge on any atom is -0.412 e. The first-order valence-electron chi connectivity index (χ1n) is 5.72. The van der Waals surface area contributed by atoms with Crippen molar-refractivity contribution in [2.45, 2.75) is 63.8 Å². The first-order valence-corrected chi connectivity index (χ1v) is 9.13. The van der Waals surface area contributed by atoms with Crippen molar-refractivity contribution >= 4 is 8.32 Å². The fourth-order valence-corrected chi connectivity index (χ4v) is 4.38. The summed E-state index contributed by atoms with van der Waals surface area (Å²) in [6.45, 7) is 6.96. The molecule has 0 aromatic rings. The van der Waals surface area contributed by atoms with Crippen molar-refractivity contribution in [1.29, 1.82) is 0 Å². The molecule has 0 N–H and O–H groups in total. The van der Waals surface area contributed by atoms with E-state index in [1.165, 1.54) is 38.5 Å². The Kier molecular flexibility index (Phi) is 2.31. The second-order valence-corrected chi connectivity index (χ2v) is 10.2. The Bertz CT molecular complexity index is 197. The van der Waals surface area contributed by atoms with Gasteiger partial charge in [-0.1, -0.05) is 19.3 Å². The third-order valence-electron chi connectivity index (χ3n) is 3.34. The highest BCUT2D eigenvalue weighted by atomic mass is 28.4. The third-order valence-corrected chi connectivity index (χ3v) is 4.36. The lowest BCUT2D eigenvalue weighted by atomic mass is 10.1. The highest BCUT2D eigenvalue weighted by molar-refractivity contribution is 6.69. The molecule has 0 aromatic carbocycles. The standard InChI is InChI=1S/C11H22OSi/c1-13(2,3)12-11-8-6-4-5-7-10(11)9-11/h10H,4-9H2,1-3H3/t10-,11-/m1/s1. The Morgan fingerprint density at radius 2 is 1.92 bits per heavy atom. The maximum Gasteiger partial charge on any atom is 0.184 e. The normalized spacial score (nSPS) is 39.5. The Hall–Kier alpha value is 0.177. The van der Waals surface area contributed by atoms with E-state index >= 15 is 0 Å². The summed E-state index contributed by atoms with van der Waals surface area (Å²) in [5, 5.41) is 0. The van der Waals surface area contributed by atoms with Crippen LogP contribution in [0.2, 0.25) is 19.6 Å². The molecule has 0 bridgehead atoms. The Balaban J connectivity index is 1.97. The molecule has 2 rings (SSSR count). The molecule has 0 amide bonds. The quantitative estimate of drug-likeness (QED) is 0.616. The van der Waals surface area contributed by atoms with Gasteiger partial charge in [-0.25, -0.2) is 0 Å². The summed E-state index contributed by atoms with van der Waals surface area (Å²) in [6.07, 6.45) is 8.44. The van der Waals surface area contributed by atoms with Gasteiger partial charge < -0.3 is 4.43 Å². The molecule has 2 aliphatic carbocycles. The summed E-state index contributed by atoms with van der Waals surface area (Å²) in [4.78, 5) is 0. The van der Waals surface area contributed by atoms with Crippen LogP contribution in [0.15, 0.2) is 0 Å². The third kappa shape index (κ3) is 2.16. The Labute approximate surface area is 83.0 Å². The maximum absolute atomic E-state index is 6.36. The number of rotatable bonds is 2. The van der Waals surface area contributed by atoms with Gasteiger partial charge in [-0.2, -0.15) is 0 Å². The van der Waals surface area contributed by atoms with Crippen LogP contribution in [0.1, 0.15) is 38.5 Å². The van der Waals surface area contributed by atoms with E-state index in [0.717, 1.165) is 5.92 Å². The molecule has 0 saturated heterocycles. The lowest BCUT2D eigenvalue weighted by Crippen LogP contribution is -2.34. The molecule has 2 fully saturated rings. The molecule has 0 aromatic heterocycles. The molecule has 2 heteroatoms. The van der Waals surface area contributed by atoms with Crippen LogP contribution < -0.4 is 0 Å². The molecule has 0 radical (unpaired) electrons. The predicted octanol–water partition coefficient (Wildman–Crippen LogP) is 3.56. The zero-order chi connectivity index (χ0) is 9.53. The van der Waals surface area contributed by atoms with Crippen molar-refractivity contribution in [3.05, 3.63) is 0 Å². The SMILES string of the molecule is C[Si](C)(C)O[C@@]12CCCCC[C@@H]1C2. The minimum absolute atomic E-state index is 0.376. The van der Waals surface area contributed by atoms with E-state index in [2.05, 4.69) is 19.6 Å². The van der Waals surface area contributed by atoms with Gasteiger partial charge in [0.05, 0.1) is 5.60 Å². The molecule has 1 nitrogen and oxygen atoms in total. The van der Waals surface area contributed by atoms with Gasteiger partial charge in [-0.3, -0.25) is 0 Å². The Morgan fingerprint density at radius 3 is 2.62 bits per heavy atom. The number of fused-ring (bicyclic) bond motifs is 1. The first kappa shape index (κ1) is 9.72. The average Bonchev–Trinajstić information content (AvgIpc) is 2.57. The van der Waals surface area contributed by atoms with Crippen LogP contribution in [0.3, 0.4) is 0 Å². The van der Waals surface area contributed by atoms with Crippen LogP contribution in [0.25, 0.3) is 0 Å². The average molecular weight is 198 g/mol. The summed E-state index contributed by atoms with van der Waals surface area (Å²) in [5.74, 6) is 0.932. The van der Waals surface area contributed by atoms with Crippen LogP contribution in [-0.2, 0) is 4.43 Å². The van der Waals surface area contributed by atoms with Gasteiger partial charge in [-0.15, -0.1) is 0 Å². The molecule has 2 saturated carbocycles. The molecule has 0 heterocycles. The van der Waals surface area contributed by atoms with Crippen LogP contribution in [0.5, 0.6) is 0 Å². The van der Waals surface area contributed by atoms with Crippen molar-refractivity contribution < 1.29 is 4.43 Å². The zero-order valence-corrected chi connectivity index (χ0v) is 10.2. The van der Waals surface area contributed by atoms with Gasteiger partial charge in [0.1, 0.15) is 0 Å². The maximum atomic E-state index is 6.36. The van der Waals surface area contributed by atoms with Crippen LogP contribution in [-0.4, -0.2) is 13.9 Å². The molecule has 2 aliphatic rings. The van der Waals surface area contributed by atoms with E-state index in [-0.39, 0.29) is 0 Å². The second kappa shape index (κ2) is 3.09. The van der Waals surface area contributed by atoms with E-state index < -0.39 is 8.32 Å². The van der Waals surface area contributed by atoms with E-state index in [9.17, 15) is 0 Å². The van der Waals surface area contributed by atoms with Gasteiger partial charge >= 0.3 is 0 Å². The number of hydrogen-bond acceptors (Lipinski definition) is 1. The van der Waals surface area contributed by atoms with E-state index in [1.54, 1.807) is 0 Å². The zero-order valence-electron chi connectivity index (χ0n) is 9.23. The molecular formula is C11H22OSi. The van der Waals surface area contributed by atoms with Gasteiger partial charge in [0.2, 0.25) is 0 Å². The highest BCUT2D eigenvalue weighted by Gasteiger charge is 2.56. The van der Waals surface area contributed by atoms with Crippen molar-refractivity contribution in [2.24, 2.45) is 5.92 Å². The van der Waals surface area contributed by atoms with Gasteiger partial charge in [-0.05, 0) is 44.8 Å². The van der Waals surface area contributed by atoms with Crippen molar-refractivity contribution in [3.8, 4) is 0 Å². The molecule has 2 atom stereocenters. The summed E-state index contributed by atoms with van der Waals surface area (Å²) in [5.41, 5.74) is 0.376. The van der Waals surface area contributed by atoms with Crippen molar-refractivity contribution in [3.63, 3.8) is 0 Å². The van der Waals surface area contributed by atoms with E-state index in [1.807, 2.05) is 0 Å². The largest absolute Gasteiger partial charge is 0.412 e. The number of hydrogen-bond donors (Lipinski definition) is 0. The highest BCUT2D eigenvalue weighted by Crippen LogP contribution is 2.56. The van der Waals surface area contributed by atoms with E-state index in [0.29, 0.717) is 5.60 Å². The van der Waals surface area contributed by atoms with Gasteiger partial charge in [0, 0.05) is 0 Å². The molecule has 0 unspecified atom stereocenters. The predicted molar refractivity (Wildman–Crippen MR) is 58.4 cm³/mol. The fourth-order valence-electron chi connectivity index (χ4n) is 2.81. The Morgan fingerprint density at radius 1 is 1.15 bits per heavy atom. The molecule has 0 spiro atoms. The fraction of sp³-hybridized carbons (Fsp3) is 1.00. The van der Waals surface area contributed by atoms with Gasteiger partial charge in [0.15, 0.2) is 8.32 Å². The lowest BCUT2D eigenvalue weighted by molar-refractivity contribution is 0.143. The lowest BCUT2D eigenvalue weighted by Gasteiger charge is -2.27. The first-order chi connectivity index (χ1) is 6.02. The minimum atomic E-state index is -1.30. The molecular weight excluding hydrogens is 176 g/mol. The van der Waals surface area contributed by atoms with Crippen LogP contribution in [0, 0.1) is 5.92 Å². The monoisotopic (exact) mass is 198 g/mol.